The van der Waals surface area contributed by atoms with Crippen LogP contribution in [0.5, 0.6) is 0 Å². The van der Waals surface area contributed by atoms with Crippen LogP contribution in [0.1, 0.15) is 13.3 Å². The molecule has 0 aliphatic carbocycles. The maximum absolute atomic E-state index is 4.24. The van der Waals surface area contributed by atoms with Gasteiger partial charge in [-0.05, 0) is 31.5 Å². The molecule has 1 aromatic heterocycles. The first-order chi connectivity index (χ1) is 7.25. The molecule has 0 aliphatic rings. The van der Waals surface area contributed by atoms with Crippen molar-refractivity contribution >= 4 is 27.2 Å². The molecule has 2 aromatic rings. The van der Waals surface area contributed by atoms with Crippen molar-refractivity contribution in [3.8, 4) is 0 Å². The third kappa shape index (κ3) is 2.57. The van der Waals surface area contributed by atoms with Gasteiger partial charge in [-0.2, -0.15) is 0 Å². The zero-order valence-electron chi connectivity index (χ0n) is 8.79. The number of nitrogens with zero attached hydrogens (tertiary/aromatic N) is 1. The van der Waals surface area contributed by atoms with Crippen molar-refractivity contribution in [3.05, 3.63) is 35.9 Å². The Balaban J connectivity index is 2.04. The molecule has 15 heavy (non-hydrogen) atoms. The fraction of sp³-hybridized carbons (Fsp3) is 0.250. The number of benzene rings is 1. The minimum atomic E-state index is 0.944. The molecule has 0 radical (unpaired) electrons. The zero-order chi connectivity index (χ0) is 10.7. The number of hydrogen-bond donors (Lipinski definition) is 1. The number of thiazole rings is 1. The molecule has 1 heterocycles. The summed E-state index contributed by atoms with van der Waals surface area (Å²) in [6.07, 6.45) is 1.01. The van der Waals surface area contributed by atoms with E-state index in [1.807, 2.05) is 12.4 Å². The molecule has 0 atom stereocenters. The molecular weight excluding hydrogens is 204 g/mol. The number of hydrogen-bond acceptors (Lipinski definition) is 3. The number of rotatable bonds is 4. The van der Waals surface area contributed by atoms with Crippen molar-refractivity contribution in [2.75, 3.05) is 11.9 Å². The monoisotopic (exact) mass is 218 g/mol. The highest BCUT2D eigenvalue weighted by molar-refractivity contribution is 7.16. The number of anilines is 1. The highest BCUT2D eigenvalue weighted by Gasteiger charge is 1.97. The molecule has 0 aliphatic heterocycles. The molecule has 0 saturated carbocycles. The smallest absolute Gasteiger partial charge is 0.0813 e. The third-order valence-electron chi connectivity index (χ3n) is 2.21. The number of nitrogens with one attached hydrogen (secondary N) is 1. The quantitative estimate of drug-likeness (QED) is 0.792. The van der Waals surface area contributed by atoms with Crippen LogP contribution in [0.4, 0.5) is 5.69 Å². The van der Waals surface area contributed by atoms with Gasteiger partial charge in [0.25, 0.3) is 0 Å². The van der Waals surface area contributed by atoms with E-state index in [9.17, 15) is 0 Å². The van der Waals surface area contributed by atoms with Crippen LogP contribution in [0.3, 0.4) is 0 Å². The minimum absolute atomic E-state index is 0.944. The molecule has 1 aromatic carbocycles. The van der Waals surface area contributed by atoms with Crippen molar-refractivity contribution < 1.29 is 0 Å². The van der Waals surface area contributed by atoms with Gasteiger partial charge in [-0.25, -0.2) is 4.98 Å². The Bertz CT molecular complexity index is 473. The van der Waals surface area contributed by atoms with E-state index >= 15 is 0 Å². The van der Waals surface area contributed by atoms with Crippen molar-refractivity contribution in [2.24, 2.45) is 0 Å². The molecule has 0 bridgehead atoms. The Morgan fingerprint density at radius 2 is 2.40 bits per heavy atom. The predicted molar refractivity (Wildman–Crippen MR) is 67.5 cm³/mol. The fourth-order valence-electron chi connectivity index (χ4n) is 1.39. The number of aromatic nitrogens is 1. The van der Waals surface area contributed by atoms with E-state index in [2.05, 4.69) is 35.1 Å². The highest BCUT2D eigenvalue weighted by atomic mass is 32.1. The van der Waals surface area contributed by atoms with Gasteiger partial charge in [0.1, 0.15) is 0 Å². The van der Waals surface area contributed by atoms with Crippen LogP contribution in [0.15, 0.2) is 35.9 Å². The van der Waals surface area contributed by atoms with E-state index in [1.165, 1.54) is 10.3 Å². The van der Waals surface area contributed by atoms with Gasteiger partial charge >= 0.3 is 0 Å². The minimum Gasteiger partial charge on any atom is -0.385 e. The van der Waals surface area contributed by atoms with Gasteiger partial charge in [0.2, 0.25) is 0 Å². The maximum atomic E-state index is 4.24. The average Bonchev–Trinajstić information content (AvgIpc) is 2.64. The summed E-state index contributed by atoms with van der Waals surface area (Å²) in [5, 5.41) is 3.38. The Kier molecular flexibility index (Phi) is 3.02. The molecule has 0 spiro atoms. The summed E-state index contributed by atoms with van der Waals surface area (Å²) in [4.78, 5) is 4.24. The Labute approximate surface area is 93.7 Å². The molecule has 2 nitrogen and oxygen atoms in total. The van der Waals surface area contributed by atoms with Gasteiger partial charge in [0.15, 0.2) is 0 Å². The van der Waals surface area contributed by atoms with E-state index in [4.69, 9.17) is 0 Å². The van der Waals surface area contributed by atoms with E-state index in [1.54, 1.807) is 11.3 Å². The van der Waals surface area contributed by atoms with Crippen molar-refractivity contribution in [1.82, 2.24) is 4.98 Å². The SMILES string of the molecule is C=C(C)CCNc1ccc2ncsc2c1. The standard InChI is InChI=1S/C12H14N2S/c1-9(2)5-6-13-10-3-4-11-12(7-10)15-8-14-11/h3-4,7-8,13H,1,5-6H2,2H3. The molecule has 0 amide bonds. The van der Waals surface area contributed by atoms with Crippen molar-refractivity contribution in [1.29, 1.82) is 0 Å². The van der Waals surface area contributed by atoms with E-state index in [0.29, 0.717) is 0 Å². The lowest BCUT2D eigenvalue weighted by atomic mass is 10.2. The summed E-state index contributed by atoms with van der Waals surface area (Å²) in [6, 6.07) is 6.26. The molecule has 78 valence electrons. The van der Waals surface area contributed by atoms with Crippen LogP contribution in [-0.4, -0.2) is 11.5 Å². The summed E-state index contributed by atoms with van der Waals surface area (Å²) in [6.45, 7) is 6.87. The van der Waals surface area contributed by atoms with Crippen LogP contribution in [-0.2, 0) is 0 Å². The van der Waals surface area contributed by atoms with Crippen LogP contribution in [0, 0.1) is 0 Å². The lowest BCUT2D eigenvalue weighted by molar-refractivity contribution is 1.00. The lowest BCUT2D eigenvalue weighted by Gasteiger charge is -2.05. The summed E-state index contributed by atoms with van der Waals surface area (Å²) >= 11 is 1.67. The van der Waals surface area contributed by atoms with Gasteiger partial charge in [0, 0.05) is 12.2 Å². The second-order valence-corrected chi connectivity index (χ2v) is 4.56. The highest BCUT2D eigenvalue weighted by Crippen LogP contribution is 2.21. The normalized spacial score (nSPS) is 10.5. The van der Waals surface area contributed by atoms with E-state index in [-0.39, 0.29) is 0 Å². The molecule has 0 unspecified atom stereocenters. The van der Waals surface area contributed by atoms with Gasteiger partial charge in [-0.1, -0.05) is 5.57 Å². The predicted octanol–water partition coefficient (Wildman–Crippen LogP) is 3.67. The van der Waals surface area contributed by atoms with Crippen molar-refractivity contribution in [3.63, 3.8) is 0 Å². The van der Waals surface area contributed by atoms with Crippen molar-refractivity contribution in [2.45, 2.75) is 13.3 Å². The van der Waals surface area contributed by atoms with Gasteiger partial charge in [-0.15, -0.1) is 17.9 Å². The number of fused-ring (bicyclic) bond motifs is 1. The maximum Gasteiger partial charge on any atom is 0.0813 e. The summed E-state index contributed by atoms with van der Waals surface area (Å²) in [7, 11) is 0. The van der Waals surface area contributed by atoms with Crippen LogP contribution < -0.4 is 5.32 Å². The summed E-state index contributed by atoms with van der Waals surface area (Å²) in [5.41, 5.74) is 5.32. The van der Waals surface area contributed by atoms with Gasteiger partial charge in [0.05, 0.1) is 15.7 Å². The molecule has 1 N–H and O–H groups in total. The first kappa shape index (κ1) is 10.2. The van der Waals surface area contributed by atoms with Crippen LogP contribution in [0.25, 0.3) is 10.2 Å². The van der Waals surface area contributed by atoms with Gasteiger partial charge < -0.3 is 5.32 Å². The van der Waals surface area contributed by atoms with E-state index in [0.717, 1.165) is 24.2 Å². The average molecular weight is 218 g/mol. The summed E-state index contributed by atoms with van der Waals surface area (Å²) in [5.74, 6) is 0. The molecule has 3 heteroatoms. The Hall–Kier alpha value is -1.35. The van der Waals surface area contributed by atoms with Crippen LogP contribution >= 0.6 is 11.3 Å². The Morgan fingerprint density at radius 1 is 1.53 bits per heavy atom. The zero-order valence-corrected chi connectivity index (χ0v) is 9.60. The largest absolute Gasteiger partial charge is 0.385 e. The first-order valence-corrected chi connectivity index (χ1v) is 5.85. The second kappa shape index (κ2) is 4.45. The Morgan fingerprint density at radius 3 is 3.20 bits per heavy atom. The first-order valence-electron chi connectivity index (χ1n) is 4.97. The third-order valence-corrected chi connectivity index (χ3v) is 3.00. The van der Waals surface area contributed by atoms with Gasteiger partial charge in [-0.3, -0.25) is 0 Å². The fourth-order valence-corrected chi connectivity index (χ4v) is 2.10. The molecule has 2 rings (SSSR count). The summed E-state index contributed by atoms with van der Waals surface area (Å²) < 4.78 is 1.23. The molecular formula is C12H14N2S. The van der Waals surface area contributed by atoms with E-state index < -0.39 is 0 Å². The lowest BCUT2D eigenvalue weighted by Crippen LogP contribution is -2.01. The second-order valence-electron chi connectivity index (χ2n) is 3.67. The molecule has 0 saturated heterocycles. The topological polar surface area (TPSA) is 24.9 Å². The molecule has 0 fully saturated rings. The van der Waals surface area contributed by atoms with Crippen LogP contribution in [0.2, 0.25) is 0 Å².